The molecule has 1 fully saturated rings. The van der Waals surface area contributed by atoms with Crippen LogP contribution >= 0.6 is 0 Å². The molecule has 1 heterocycles. The molecule has 0 unspecified atom stereocenters. The third-order valence-corrected chi connectivity index (χ3v) is 2.12. The number of aliphatic hydroxyl groups excluding tert-OH is 2. The minimum atomic E-state index is -0.954. The third-order valence-electron chi connectivity index (χ3n) is 2.12. The van der Waals surface area contributed by atoms with Crippen molar-refractivity contribution in [2.75, 3.05) is 13.2 Å². The van der Waals surface area contributed by atoms with Gasteiger partial charge in [-0.3, -0.25) is 4.79 Å². The maximum Gasteiger partial charge on any atom is 0.305 e. The fourth-order valence-electron chi connectivity index (χ4n) is 1.27. The molecule has 2 N–H and O–H groups in total. The molecular weight excluding hydrogens is 188 g/mol. The Bertz CT molecular complexity index is 194. The Labute approximate surface area is 82.6 Å². The van der Waals surface area contributed by atoms with E-state index in [0.717, 1.165) is 6.42 Å². The molecule has 0 amide bonds. The van der Waals surface area contributed by atoms with Gasteiger partial charge in [0.1, 0.15) is 24.9 Å². The van der Waals surface area contributed by atoms with Crippen LogP contribution < -0.4 is 0 Å². The van der Waals surface area contributed by atoms with Crippen LogP contribution in [0.3, 0.4) is 0 Å². The highest BCUT2D eigenvalue weighted by atomic mass is 16.6. The zero-order valence-corrected chi connectivity index (χ0v) is 8.18. The number of ether oxygens (including phenoxy) is 2. The van der Waals surface area contributed by atoms with Gasteiger partial charge >= 0.3 is 5.97 Å². The van der Waals surface area contributed by atoms with Gasteiger partial charge in [-0.2, -0.15) is 0 Å². The minimum Gasteiger partial charge on any atom is -0.463 e. The molecule has 0 saturated carbocycles. The first-order chi connectivity index (χ1) is 6.65. The number of hydrogen-bond donors (Lipinski definition) is 2. The molecule has 5 nitrogen and oxygen atoms in total. The Hall–Kier alpha value is -0.650. The van der Waals surface area contributed by atoms with Gasteiger partial charge in [0.15, 0.2) is 0 Å². The van der Waals surface area contributed by atoms with Crippen LogP contribution in [0.4, 0.5) is 0 Å². The number of carbonyl (C=O) groups excluding carboxylic acids is 1. The maximum absolute atomic E-state index is 11.0. The van der Waals surface area contributed by atoms with E-state index in [2.05, 4.69) is 0 Å². The SMILES string of the molecule is CCCC(=O)OC[C@H]1OC[C@H](O)[C@@H]1O. The van der Waals surface area contributed by atoms with E-state index in [4.69, 9.17) is 14.6 Å². The first-order valence-corrected chi connectivity index (χ1v) is 4.78. The molecule has 5 heteroatoms. The average Bonchev–Trinajstić information content (AvgIpc) is 2.46. The first-order valence-electron chi connectivity index (χ1n) is 4.78. The zero-order chi connectivity index (χ0) is 10.6. The summed E-state index contributed by atoms with van der Waals surface area (Å²) in [4.78, 5) is 11.0. The third kappa shape index (κ3) is 2.94. The van der Waals surface area contributed by atoms with Crippen molar-refractivity contribution in [3.63, 3.8) is 0 Å². The summed E-state index contributed by atoms with van der Waals surface area (Å²) in [6.07, 6.45) is -1.32. The second kappa shape index (κ2) is 5.29. The highest BCUT2D eigenvalue weighted by molar-refractivity contribution is 5.69. The van der Waals surface area contributed by atoms with E-state index in [0.29, 0.717) is 6.42 Å². The summed E-state index contributed by atoms with van der Waals surface area (Å²) < 4.78 is 9.88. The second-order valence-electron chi connectivity index (χ2n) is 3.36. The molecule has 0 bridgehead atoms. The van der Waals surface area contributed by atoms with Crippen LogP contribution in [0.1, 0.15) is 19.8 Å². The quantitative estimate of drug-likeness (QED) is 0.601. The smallest absolute Gasteiger partial charge is 0.305 e. The largest absolute Gasteiger partial charge is 0.463 e. The van der Waals surface area contributed by atoms with Crippen LogP contribution in [0, 0.1) is 0 Å². The van der Waals surface area contributed by atoms with Crippen molar-refractivity contribution in [3.05, 3.63) is 0 Å². The summed E-state index contributed by atoms with van der Waals surface area (Å²) in [7, 11) is 0. The highest BCUT2D eigenvalue weighted by Crippen LogP contribution is 2.14. The summed E-state index contributed by atoms with van der Waals surface area (Å²) in [5.41, 5.74) is 0. The van der Waals surface area contributed by atoms with Crippen molar-refractivity contribution < 1.29 is 24.5 Å². The van der Waals surface area contributed by atoms with Gasteiger partial charge in [0, 0.05) is 6.42 Å². The standard InChI is InChI=1S/C9H16O5/c1-2-3-8(11)14-5-7-9(12)6(10)4-13-7/h6-7,9-10,12H,2-5H2,1H3/t6-,7+,9-/m0/s1. The van der Waals surface area contributed by atoms with E-state index in [9.17, 15) is 9.90 Å². The van der Waals surface area contributed by atoms with Gasteiger partial charge in [-0.05, 0) is 6.42 Å². The fourth-order valence-corrected chi connectivity index (χ4v) is 1.27. The summed E-state index contributed by atoms with van der Waals surface area (Å²) in [5.74, 6) is -0.301. The van der Waals surface area contributed by atoms with Gasteiger partial charge in [0.25, 0.3) is 0 Å². The molecule has 0 radical (unpaired) electrons. The lowest BCUT2D eigenvalue weighted by Gasteiger charge is -2.14. The predicted octanol–water partition coefficient (Wildman–Crippen LogP) is -0.550. The van der Waals surface area contributed by atoms with Crippen molar-refractivity contribution in [3.8, 4) is 0 Å². The van der Waals surface area contributed by atoms with Crippen LogP contribution in [0.2, 0.25) is 0 Å². The van der Waals surface area contributed by atoms with E-state index in [-0.39, 0.29) is 19.2 Å². The molecule has 1 aliphatic rings. The van der Waals surface area contributed by atoms with Gasteiger partial charge in [-0.25, -0.2) is 0 Å². The van der Waals surface area contributed by atoms with Crippen molar-refractivity contribution >= 4 is 5.97 Å². The first kappa shape index (κ1) is 11.4. The van der Waals surface area contributed by atoms with E-state index in [1.807, 2.05) is 6.92 Å². The average molecular weight is 204 g/mol. The minimum absolute atomic E-state index is 0.0110. The van der Waals surface area contributed by atoms with Crippen LogP contribution in [-0.2, 0) is 14.3 Å². The van der Waals surface area contributed by atoms with E-state index < -0.39 is 18.3 Å². The van der Waals surface area contributed by atoms with Crippen LogP contribution in [0.25, 0.3) is 0 Å². The summed E-state index contributed by atoms with van der Waals surface area (Å²) in [6.45, 7) is 1.99. The molecule has 0 spiro atoms. The van der Waals surface area contributed by atoms with Crippen molar-refractivity contribution in [1.29, 1.82) is 0 Å². The molecule has 1 rings (SSSR count). The van der Waals surface area contributed by atoms with E-state index >= 15 is 0 Å². The van der Waals surface area contributed by atoms with E-state index in [1.165, 1.54) is 0 Å². The molecule has 0 aromatic heterocycles. The summed E-state index contributed by atoms with van der Waals surface area (Å²) in [6, 6.07) is 0. The fraction of sp³-hybridized carbons (Fsp3) is 0.889. The topological polar surface area (TPSA) is 76.0 Å². The second-order valence-corrected chi connectivity index (χ2v) is 3.36. The molecule has 82 valence electrons. The van der Waals surface area contributed by atoms with Gasteiger partial charge < -0.3 is 19.7 Å². The molecule has 0 aromatic rings. The highest BCUT2D eigenvalue weighted by Gasteiger charge is 2.35. The predicted molar refractivity (Wildman–Crippen MR) is 47.6 cm³/mol. The van der Waals surface area contributed by atoms with Crippen molar-refractivity contribution in [1.82, 2.24) is 0 Å². The molecule has 0 aromatic carbocycles. The Morgan fingerprint density at radius 3 is 2.79 bits per heavy atom. The Balaban J connectivity index is 2.22. The maximum atomic E-state index is 11.0. The van der Waals surface area contributed by atoms with Gasteiger partial charge in [-0.1, -0.05) is 6.92 Å². The van der Waals surface area contributed by atoms with E-state index in [1.54, 1.807) is 0 Å². The molecule has 1 saturated heterocycles. The van der Waals surface area contributed by atoms with Gasteiger partial charge in [0.05, 0.1) is 6.61 Å². The summed E-state index contributed by atoms with van der Waals surface area (Å²) in [5, 5.41) is 18.5. The monoisotopic (exact) mass is 204 g/mol. The van der Waals surface area contributed by atoms with Gasteiger partial charge in [-0.15, -0.1) is 0 Å². The number of carbonyl (C=O) groups is 1. The Morgan fingerprint density at radius 1 is 1.57 bits per heavy atom. The lowest BCUT2D eigenvalue weighted by molar-refractivity contribution is -0.148. The van der Waals surface area contributed by atoms with Crippen LogP contribution in [0.15, 0.2) is 0 Å². The number of esters is 1. The molecule has 3 atom stereocenters. The number of hydrogen-bond acceptors (Lipinski definition) is 5. The zero-order valence-electron chi connectivity index (χ0n) is 8.18. The molecule has 14 heavy (non-hydrogen) atoms. The lowest BCUT2D eigenvalue weighted by Crippen LogP contribution is -2.33. The lowest BCUT2D eigenvalue weighted by atomic mass is 10.2. The van der Waals surface area contributed by atoms with Crippen molar-refractivity contribution in [2.45, 2.75) is 38.1 Å². The molecular formula is C9H16O5. The summed E-state index contributed by atoms with van der Waals surface area (Å²) >= 11 is 0. The van der Waals surface area contributed by atoms with Crippen LogP contribution in [-0.4, -0.2) is 47.7 Å². The van der Waals surface area contributed by atoms with Gasteiger partial charge in [0.2, 0.25) is 0 Å². The van der Waals surface area contributed by atoms with Crippen molar-refractivity contribution in [2.24, 2.45) is 0 Å². The number of aliphatic hydroxyl groups is 2. The Kier molecular flexibility index (Phi) is 4.31. The molecule has 1 aliphatic heterocycles. The normalized spacial score (nSPS) is 31.8. The van der Waals surface area contributed by atoms with Crippen LogP contribution in [0.5, 0.6) is 0 Å². The number of rotatable bonds is 4. The molecule has 0 aliphatic carbocycles. The Morgan fingerprint density at radius 2 is 2.29 bits per heavy atom.